The number of nitrogens with one attached hydrogen (secondary N) is 1. The van der Waals surface area contributed by atoms with E-state index in [-0.39, 0.29) is 6.61 Å². The van der Waals surface area contributed by atoms with Gasteiger partial charge in [0, 0.05) is 12.6 Å². The molecule has 0 aromatic rings. The summed E-state index contributed by atoms with van der Waals surface area (Å²) >= 11 is 0. The molecule has 2 aliphatic heterocycles. The van der Waals surface area contributed by atoms with Crippen molar-refractivity contribution in [2.24, 2.45) is 0 Å². The second-order valence-corrected chi connectivity index (χ2v) is 6.74. The van der Waals surface area contributed by atoms with Crippen molar-refractivity contribution < 1.29 is 19.4 Å². The van der Waals surface area contributed by atoms with Gasteiger partial charge in [0.1, 0.15) is 5.60 Å². The van der Waals surface area contributed by atoms with Crippen LogP contribution in [0.1, 0.15) is 33.6 Å². The van der Waals surface area contributed by atoms with Crippen molar-refractivity contribution in [3.05, 3.63) is 0 Å². The van der Waals surface area contributed by atoms with E-state index >= 15 is 0 Å². The minimum absolute atomic E-state index is 0.0285. The zero-order valence-electron chi connectivity index (χ0n) is 12.6. The number of alkyl carbamates (subject to hydrolysis) is 1. The Balaban J connectivity index is 1.95. The molecule has 6 heteroatoms. The number of nitrogens with zero attached hydrogens (tertiary/aromatic N) is 1. The largest absolute Gasteiger partial charge is 0.444 e. The lowest BCUT2D eigenvalue weighted by atomic mass is 9.96. The van der Waals surface area contributed by atoms with E-state index in [9.17, 15) is 9.90 Å². The Hall–Kier alpha value is -0.850. The number of carbonyl (C=O) groups excluding carboxylic acids is 1. The topological polar surface area (TPSA) is 71.0 Å². The Bertz CT molecular complexity index is 356. The summed E-state index contributed by atoms with van der Waals surface area (Å²) in [6.45, 7) is 7.90. The van der Waals surface area contributed by atoms with Gasteiger partial charge < -0.3 is 19.9 Å². The predicted molar refractivity (Wildman–Crippen MR) is 74.6 cm³/mol. The van der Waals surface area contributed by atoms with Crippen LogP contribution < -0.4 is 5.32 Å². The average molecular weight is 286 g/mol. The molecule has 6 nitrogen and oxygen atoms in total. The number of ether oxygens (including phenoxy) is 2. The van der Waals surface area contributed by atoms with Gasteiger partial charge in [0.05, 0.1) is 25.4 Å². The van der Waals surface area contributed by atoms with Gasteiger partial charge in [-0.1, -0.05) is 0 Å². The molecule has 0 aliphatic carbocycles. The van der Waals surface area contributed by atoms with Crippen LogP contribution in [0, 0.1) is 0 Å². The SMILES string of the molecule is CC(C)(C)OC(=O)NC[C@]1(CO)COC[C@H]2CCCN21. The number of morpholine rings is 1. The second-order valence-electron chi connectivity index (χ2n) is 6.74. The van der Waals surface area contributed by atoms with Crippen molar-refractivity contribution in [1.82, 2.24) is 10.2 Å². The van der Waals surface area contributed by atoms with Crippen molar-refractivity contribution in [2.45, 2.75) is 50.8 Å². The van der Waals surface area contributed by atoms with Crippen molar-refractivity contribution in [3.8, 4) is 0 Å². The van der Waals surface area contributed by atoms with E-state index in [4.69, 9.17) is 9.47 Å². The van der Waals surface area contributed by atoms with Crippen LogP contribution in [0.25, 0.3) is 0 Å². The Labute approximate surface area is 120 Å². The van der Waals surface area contributed by atoms with Crippen LogP contribution in [0.15, 0.2) is 0 Å². The van der Waals surface area contributed by atoms with Gasteiger partial charge in [-0.2, -0.15) is 0 Å². The highest BCUT2D eigenvalue weighted by Gasteiger charge is 2.46. The Morgan fingerprint density at radius 2 is 2.30 bits per heavy atom. The minimum atomic E-state index is -0.518. The predicted octanol–water partition coefficient (Wildman–Crippen LogP) is 0.737. The molecule has 2 saturated heterocycles. The molecule has 116 valence electrons. The van der Waals surface area contributed by atoms with E-state index < -0.39 is 17.2 Å². The highest BCUT2D eigenvalue weighted by molar-refractivity contribution is 5.67. The summed E-state index contributed by atoms with van der Waals surface area (Å²) in [4.78, 5) is 14.1. The van der Waals surface area contributed by atoms with Gasteiger partial charge >= 0.3 is 6.09 Å². The average Bonchev–Trinajstić information content (AvgIpc) is 2.83. The first-order valence-electron chi connectivity index (χ1n) is 7.28. The third kappa shape index (κ3) is 3.42. The van der Waals surface area contributed by atoms with Crippen molar-refractivity contribution >= 4 is 6.09 Å². The number of rotatable bonds is 3. The number of aliphatic hydroxyl groups excluding tert-OH is 1. The summed E-state index contributed by atoms with van der Waals surface area (Å²) in [7, 11) is 0. The van der Waals surface area contributed by atoms with Crippen LogP contribution >= 0.6 is 0 Å². The molecular weight excluding hydrogens is 260 g/mol. The smallest absolute Gasteiger partial charge is 0.407 e. The fourth-order valence-corrected chi connectivity index (χ4v) is 3.00. The normalized spacial score (nSPS) is 30.9. The van der Waals surface area contributed by atoms with Gasteiger partial charge in [0.25, 0.3) is 0 Å². The van der Waals surface area contributed by atoms with E-state index in [0.29, 0.717) is 25.8 Å². The first-order chi connectivity index (χ1) is 9.36. The lowest BCUT2D eigenvalue weighted by molar-refractivity contribution is -0.106. The summed E-state index contributed by atoms with van der Waals surface area (Å²) in [6, 6.07) is 0.358. The first-order valence-corrected chi connectivity index (χ1v) is 7.28. The fraction of sp³-hybridized carbons (Fsp3) is 0.929. The Morgan fingerprint density at radius 3 is 2.95 bits per heavy atom. The van der Waals surface area contributed by atoms with E-state index in [1.54, 1.807) is 0 Å². The number of amides is 1. The lowest BCUT2D eigenvalue weighted by Crippen LogP contribution is -2.66. The van der Waals surface area contributed by atoms with Gasteiger partial charge in [-0.05, 0) is 40.2 Å². The molecule has 2 N–H and O–H groups in total. The van der Waals surface area contributed by atoms with Crippen LogP contribution in [-0.2, 0) is 9.47 Å². The molecule has 0 aromatic heterocycles. The van der Waals surface area contributed by atoms with Crippen LogP contribution in [0.3, 0.4) is 0 Å². The summed E-state index contributed by atoms with van der Waals surface area (Å²) < 4.78 is 10.9. The monoisotopic (exact) mass is 286 g/mol. The maximum Gasteiger partial charge on any atom is 0.407 e. The zero-order chi connectivity index (χ0) is 14.8. The van der Waals surface area contributed by atoms with E-state index in [2.05, 4.69) is 10.2 Å². The van der Waals surface area contributed by atoms with Crippen LogP contribution in [-0.4, -0.2) is 66.2 Å². The molecule has 0 unspecified atom stereocenters. The van der Waals surface area contributed by atoms with Crippen molar-refractivity contribution in [1.29, 1.82) is 0 Å². The van der Waals surface area contributed by atoms with Crippen LogP contribution in [0.5, 0.6) is 0 Å². The highest BCUT2D eigenvalue weighted by atomic mass is 16.6. The number of carbonyl (C=O) groups is 1. The second kappa shape index (κ2) is 5.87. The molecule has 0 spiro atoms. The standard InChI is InChI=1S/C14H26N2O4/c1-13(2,3)20-12(18)15-8-14(9-17)10-19-7-11-5-4-6-16(11)14/h11,17H,4-10H2,1-3H3,(H,15,18)/t11-,14+/m1/s1. The highest BCUT2D eigenvalue weighted by Crippen LogP contribution is 2.31. The van der Waals surface area contributed by atoms with Crippen LogP contribution in [0.2, 0.25) is 0 Å². The number of hydrogen-bond acceptors (Lipinski definition) is 5. The van der Waals surface area contributed by atoms with E-state index in [1.165, 1.54) is 0 Å². The molecule has 0 radical (unpaired) electrons. The van der Waals surface area contributed by atoms with Gasteiger partial charge in [0.15, 0.2) is 0 Å². The molecule has 2 rings (SSSR count). The van der Waals surface area contributed by atoms with Gasteiger partial charge in [-0.25, -0.2) is 4.79 Å². The maximum absolute atomic E-state index is 11.8. The number of hydrogen-bond donors (Lipinski definition) is 2. The fourth-order valence-electron chi connectivity index (χ4n) is 3.00. The Kier molecular flexibility index (Phi) is 4.56. The minimum Gasteiger partial charge on any atom is -0.444 e. The zero-order valence-corrected chi connectivity index (χ0v) is 12.6. The number of aliphatic hydroxyl groups is 1. The molecule has 2 fully saturated rings. The van der Waals surface area contributed by atoms with Gasteiger partial charge in [-0.3, -0.25) is 4.90 Å². The van der Waals surface area contributed by atoms with Crippen molar-refractivity contribution in [3.63, 3.8) is 0 Å². The van der Waals surface area contributed by atoms with E-state index in [0.717, 1.165) is 19.4 Å². The summed E-state index contributed by atoms with van der Waals surface area (Å²) in [5.41, 5.74) is -1.04. The molecule has 2 atom stereocenters. The molecule has 1 amide bonds. The molecular formula is C14H26N2O4. The lowest BCUT2D eigenvalue weighted by Gasteiger charge is -2.47. The molecule has 0 bridgehead atoms. The van der Waals surface area contributed by atoms with E-state index in [1.807, 2.05) is 20.8 Å². The third-order valence-electron chi connectivity index (χ3n) is 3.92. The van der Waals surface area contributed by atoms with Gasteiger partial charge in [0.2, 0.25) is 0 Å². The first kappa shape index (κ1) is 15.5. The molecule has 20 heavy (non-hydrogen) atoms. The molecule has 0 aromatic carbocycles. The quantitative estimate of drug-likeness (QED) is 0.800. The Morgan fingerprint density at radius 1 is 1.55 bits per heavy atom. The summed E-state index contributed by atoms with van der Waals surface area (Å²) in [5, 5.41) is 12.6. The summed E-state index contributed by atoms with van der Waals surface area (Å²) in [6.07, 6.45) is 1.75. The third-order valence-corrected chi connectivity index (χ3v) is 3.92. The maximum atomic E-state index is 11.8. The van der Waals surface area contributed by atoms with Gasteiger partial charge in [-0.15, -0.1) is 0 Å². The number of fused-ring (bicyclic) bond motifs is 1. The van der Waals surface area contributed by atoms with Crippen LogP contribution in [0.4, 0.5) is 4.79 Å². The van der Waals surface area contributed by atoms with Crippen molar-refractivity contribution in [2.75, 3.05) is 32.9 Å². The summed E-state index contributed by atoms with van der Waals surface area (Å²) in [5.74, 6) is 0. The molecule has 2 aliphatic rings. The molecule has 2 heterocycles. The molecule has 0 saturated carbocycles.